The molecule has 0 heterocycles. The maximum Gasteiger partial charge on any atom is 0.331 e. The van der Waals surface area contributed by atoms with E-state index in [0.717, 1.165) is 0 Å². The Morgan fingerprint density at radius 3 is 2.64 bits per heavy atom. The molecule has 5 nitrogen and oxygen atoms in total. The second kappa shape index (κ2) is 6.09. The highest BCUT2D eigenvalue weighted by Crippen LogP contribution is 1.85. The molecule has 0 fully saturated rings. The van der Waals surface area contributed by atoms with Gasteiger partial charge >= 0.3 is 5.97 Å². The standard InChI is InChI=1S/C6H12O5/c1-9-5(7)3-11-4-6(8)10-2/h5,7H,3-4H2,1-2H3. The normalized spacial score (nSPS) is 12.6. The lowest BCUT2D eigenvalue weighted by Gasteiger charge is -2.07. The summed E-state index contributed by atoms with van der Waals surface area (Å²) in [5.74, 6) is -0.478. The molecule has 0 aliphatic heterocycles. The first-order valence-electron chi connectivity index (χ1n) is 3.06. The van der Waals surface area contributed by atoms with E-state index in [1.165, 1.54) is 14.2 Å². The van der Waals surface area contributed by atoms with Gasteiger partial charge in [-0.1, -0.05) is 0 Å². The van der Waals surface area contributed by atoms with Crippen LogP contribution >= 0.6 is 0 Å². The van der Waals surface area contributed by atoms with Crippen LogP contribution < -0.4 is 0 Å². The quantitative estimate of drug-likeness (QED) is 0.423. The van der Waals surface area contributed by atoms with Gasteiger partial charge in [0.15, 0.2) is 6.29 Å². The Balaban J connectivity index is 3.20. The molecule has 0 aliphatic carbocycles. The lowest BCUT2D eigenvalue weighted by molar-refractivity contribution is -0.153. The maximum atomic E-state index is 10.4. The fraction of sp³-hybridized carbons (Fsp3) is 0.833. The molecule has 1 unspecified atom stereocenters. The molecule has 0 saturated heterocycles. The van der Waals surface area contributed by atoms with Gasteiger partial charge in [-0.15, -0.1) is 0 Å². The number of carbonyl (C=O) groups excluding carboxylic acids is 1. The number of ether oxygens (including phenoxy) is 3. The predicted octanol–water partition coefficient (Wildman–Crippen LogP) is -0.859. The van der Waals surface area contributed by atoms with Crippen LogP contribution in [0.25, 0.3) is 0 Å². The Morgan fingerprint density at radius 2 is 2.18 bits per heavy atom. The zero-order valence-corrected chi connectivity index (χ0v) is 6.57. The lowest BCUT2D eigenvalue weighted by Crippen LogP contribution is -2.20. The highest BCUT2D eigenvalue weighted by Gasteiger charge is 2.03. The molecule has 0 aromatic heterocycles. The van der Waals surface area contributed by atoms with Gasteiger partial charge in [-0.2, -0.15) is 0 Å². The lowest BCUT2D eigenvalue weighted by atomic mass is 10.6. The van der Waals surface area contributed by atoms with Crippen LogP contribution in [0.1, 0.15) is 0 Å². The summed E-state index contributed by atoms with van der Waals surface area (Å²) in [7, 11) is 2.60. The van der Waals surface area contributed by atoms with E-state index in [-0.39, 0.29) is 13.2 Å². The number of carbonyl (C=O) groups is 1. The first-order chi connectivity index (χ1) is 5.20. The highest BCUT2D eigenvalue weighted by molar-refractivity contribution is 5.70. The molecule has 1 atom stereocenters. The first kappa shape index (κ1) is 10.3. The van der Waals surface area contributed by atoms with Gasteiger partial charge < -0.3 is 19.3 Å². The average molecular weight is 164 g/mol. The molecule has 1 N–H and O–H groups in total. The molecule has 0 bridgehead atoms. The van der Waals surface area contributed by atoms with Gasteiger partial charge in [-0.3, -0.25) is 0 Å². The van der Waals surface area contributed by atoms with Crippen molar-refractivity contribution in [3.05, 3.63) is 0 Å². The molecule has 5 heteroatoms. The second-order valence-corrected chi connectivity index (χ2v) is 1.78. The van der Waals surface area contributed by atoms with Crippen molar-refractivity contribution in [2.75, 3.05) is 27.4 Å². The minimum atomic E-state index is -0.986. The molecular formula is C6H12O5. The summed E-state index contributed by atoms with van der Waals surface area (Å²) in [5.41, 5.74) is 0. The number of hydrogen-bond donors (Lipinski definition) is 1. The van der Waals surface area contributed by atoms with E-state index in [1.54, 1.807) is 0 Å². The van der Waals surface area contributed by atoms with Crippen molar-refractivity contribution >= 4 is 5.97 Å². The molecule has 0 radical (unpaired) electrons. The Hall–Kier alpha value is -0.650. The van der Waals surface area contributed by atoms with Crippen LogP contribution in [0, 0.1) is 0 Å². The maximum absolute atomic E-state index is 10.4. The van der Waals surface area contributed by atoms with Crippen LogP contribution in [0.3, 0.4) is 0 Å². The average Bonchev–Trinajstić information content (AvgIpc) is 2.04. The molecule has 11 heavy (non-hydrogen) atoms. The fourth-order valence-electron chi connectivity index (χ4n) is 0.370. The van der Waals surface area contributed by atoms with Crippen molar-refractivity contribution in [2.45, 2.75) is 6.29 Å². The molecule has 0 saturated carbocycles. The van der Waals surface area contributed by atoms with Gasteiger partial charge in [-0.05, 0) is 0 Å². The van der Waals surface area contributed by atoms with Gasteiger partial charge in [0.2, 0.25) is 0 Å². The minimum absolute atomic E-state index is 0.0361. The summed E-state index contributed by atoms with van der Waals surface area (Å²) in [6.45, 7) is -0.206. The van der Waals surface area contributed by atoms with Crippen LogP contribution in [0.4, 0.5) is 0 Å². The van der Waals surface area contributed by atoms with Crippen molar-refractivity contribution in [1.82, 2.24) is 0 Å². The zero-order valence-electron chi connectivity index (χ0n) is 6.57. The number of methoxy groups -OCH3 is 2. The van der Waals surface area contributed by atoms with E-state index in [4.69, 9.17) is 5.11 Å². The van der Waals surface area contributed by atoms with E-state index < -0.39 is 12.3 Å². The third-order valence-corrected chi connectivity index (χ3v) is 0.980. The number of hydrogen-bond acceptors (Lipinski definition) is 5. The van der Waals surface area contributed by atoms with E-state index in [9.17, 15) is 4.79 Å². The number of rotatable bonds is 5. The van der Waals surface area contributed by atoms with Crippen molar-refractivity contribution in [3.63, 3.8) is 0 Å². The molecule has 66 valence electrons. The van der Waals surface area contributed by atoms with E-state index in [0.29, 0.717) is 0 Å². The van der Waals surface area contributed by atoms with Crippen molar-refractivity contribution < 1.29 is 24.1 Å². The van der Waals surface area contributed by atoms with Crippen LogP contribution in [0.2, 0.25) is 0 Å². The zero-order chi connectivity index (χ0) is 8.69. The number of esters is 1. The molecule has 0 amide bonds. The van der Waals surface area contributed by atoms with Crippen LogP contribution in [-0.2, 0) is 19.0 Å². The van der Waals surface area contributed by atoms with Gasteiger partial charge in [-0.25, -0.2) is 4.79 Å². The van der Waals surface area contributed by atoms with E-state index in [1.807, 2.05) is 0 Å². The van der Waals surface area contributed by atoms with Crippen LogP contribution in [0.5, 0.6) is 0 Å². The Kier molecular flexibility index (Phi) is 5.73. The smallest absolute Gasteiger partial charge is 0.331 e. The minimum Gasteiger partial charge on any atom is -0.467 e. The van der Waals surface area contributed by atoms with Crippen LogP contribution in [-0.4, -0.2) is 44.8 Å². The van der Waals surface area contributed by atoms with Gasteiger partial charge in [0.05, 0.1) is 13.7 Å². The second-order valence-electron chi connectivity index (χ2n) is 1.78. The molecule has 0 aromatic rings. The monoisotopic (exact) mass is 164 g/mol. The topological polar surface area (TPSA) is 65.0 Å². The Morgan fingerprint density at radius 1 is 1.55 bits per heavy atom. The van der Waals surface area contributed by atoms with Gasteiger partial charge in [0.1, 0.15) is 6.61 Å². The summed E-state index contributed by atoms with van der Waals surface area (Å²) in [6.07, 6.45) is -0.986. The van der Waals surface area contributed by atoms with Crippen molar-refractivity contribution in [3.8, 4) is 0 Å². The summed E-state index contributed by atoms with van der Waals surface area (Å²) >= 11 is 0. The van der Waals surface area contributed by atoms with Crippen LogP contribution in [0.15, 0.2) is 0 Å². The summed E-state index contributed by atoms with van der Waals surface area (Å²) in [4.78, 5) is 10.4. The van der Waals surface area contributed by atoms with Crippen molar-refractivity contribution in [2.24, 2.45) is 0 Å². The summed E-state index contributed by atoms with van der Waals surface area (Å²) in [5, 5.41) is 8.74. The van der Waals surface area contributed by atoms with Crippen molar-refractivity contribution in [1.29, 1.82) is 0 Å². The van der Waals surface area contributed by atoms with E-state index in [2.05, 4.69) is 14.2 Å². The SMILES string of the molecule is COC(=O)COCC(O)OC. The third kappa shape index (κ3) is 5.78. The molecule has 0 spiro atoms. The predicted molar refractivity (Wildman–Crippen MR) is 35.9 cm³/mol. The number of aliphatic hydroxyl groups excluding tert-OH is 1. The highest BCUT2D eigenvalue weighted by atomic mass is 16.6. The largest absolute Gasteiger partial charge is 0.467 e. The van der Waals surface area contributed by atoms with Gasteiger partial charge in [0.25, 0.3) is 0 Å². The first-order valence-corrected chi connectivity index (χ1v) is 3.06. The summed E-state index contributed by atoms with van der Waals surface area (Å²) in [6, 6.07) is 0. The molecular weight excluding hydrogens is 152 g/mol. The summed E-state index contributed by atoms with van der Waals surface area (Å²) < 4.78 is 13.4. The van der Waals surface area contributed by atoms with Gasteiger partial charge in [0, 0.05) is 7.11 Å². The Labute approximate surface area is 64.9 Å². The molecule has 0 aromatic carbocycles. The third-order valence-electron chi connectivity index (χ3n) is 0.980. The molecule has 0 aliphatic rings. The molecule has 0 rings (SSSR count). The Bertz CT molecular complexity index is 114. The fourth-order valence-corrected chi connectivity index (χ4v) is 0.370. The number of aliphatic hydroxyl groups is 1. The van der Waals surface area contributed by atoms with E-state index >= 15 is 0 Å².